The largest absolute Gasteiger partial charge is 0.497 e. The minimum absolute atomic E-state index is 0.519. The molecule has 7 heteroatoms. The van der Waals surface area contributed by atoms with Crippen LogP contribution in [0.15, 0.2) is 59.3 Å². The predicted octanol–water partition coefficient (Wildman–Crippen LogP) is 3.01. The number of benzene rings is 1. The van der Waals surface area contributed by atoms with E-state index in [0.29, 0.717) is 29.7 Å². The topological polar surface area (TPSA) is 77.5 Å². The van der Waals surface area contributed by atoms with Crippen LogP contribution < -0.4 is 10.1 Å². The van der Waals surface area contributed by atoms with Crippen molar-refractivity contribution >= 4 is 11.6 Å². The van der Waals surface area contributed by atoms with E-state index in [0.717, 1.165) is 11.3 Å². The molecule has 1 aromatic carbocycles. The van der Waals surface area contributed by atoms with Crippen molar-refractivity contribution in [2.45, 2.75) is 6.54 Å². The molecule has 3 aromatic heterocycles. The summed E-state index contributed by atoms with van der Waals surface area (Å²) in [6.07, 6.45) is 3.29. The Hall–Kier alpha value is -3.35. The first-order valence-corrected chi connectivity index (χ1v) is 7.46. The van der Waals surface area contributed by atoms with E-state index in [1.807, 2.05) is 42.5 Å². The van der Waals surface area contributed by atoms with Crippen molar-refractivity contribution < 1.29 is 9.15 Å². The lowest BCUT2D eigenvalue weighted by Crippen LogP contribution is -2.07. The lowest BCUT2D eigenvalue weighted by atomic mass is 10.2. The monoisotopic (exact) mass is 321 g/mol. The zero-order chi connectivity index (χ0) is 16.4. The number of furan rings is 1. The second kappa shape index (κ2) is 6.04. The Balaban J connectivity index is 1.62. The van der Waals surface area contributed by atoms with Gasteiger partial charge in [0.05, 0.1) is 19.6 Å². The maximum Gasteiger partial charge on any atom is 0.227 e. The number of hydrogen-bond acceptors (Lipinski definition) is 6. The molecule has 120 valence electrons. The van der Waals surface area contributed by atoms with Gasteiger partial charge in [0.2, 0.25) is 11.8 Å². The van der Waals surface area contributed by atoms with Crippen molar-refractivity contribution in [2.75, 3.05) is 12.4 Å². The molecular formula is C17H15N5O2. The summed E-state index contributed by atoms with van der Waals surface area (Å²) in [6.45, 7) is 0.603. The molecule has 0 aliphatic rings. The Morgan fingerprint density at radius 1 is 1.12 bits per heavy atom. The molecule has 1 N–H and O–H groups in total. The zero-order valence-corrected chi connectivity index (χ0v) is 13.0. The number of anilines is 1. The molecule has 0 saturated heterocycles. The van der Waals surface area contributed by atoms with Gasteiger partial charge in [-0.1, -0.05) is 12.1 Å². The standard InChI is InChI=1S/C17H15N5O2/c1-23-13-6-4-12(5-7-13)11-18-17-20-15-8-9-19-22(15)16(21-17)14-3-2-10-24-14/h2-10H,11H2,1H3,(H,18,20). The molecule has 0 radical (unpaired) electrons. The summed E-state index contributed by atoms with van der Waals surface area (Å²) in [5, 5.41) is 7.48. The van der Waals surface area contributed by atoms with Gasteiger partial charge in [-0.15, -0.1) is 0 Å². The van der Waals surface area contributed by atoms with Crippen LogP contribution in [0.1, 0.15) is 5.56 Å². The van der Waals surface area contributed by atoms with Crippen LogP contribution in [0.4, 0.5) is 5.95 Å². The number of rotatable bonds is 5. The van der Waals surface area contributed by atoms with Crippen molar-refractivity contribution in [1.82, 2.24) is 19.6 Å². The number of nitrogens with zero attached hydrogens (tertiary/aromatic N) is 4. The van der Waals surface area contributed by atoms with Gasteiger partial charge in [0.25, 0.3) is 0 Å². The van der Waals surface area contributed by atoms with Crippen molar-refractivity contribution in [3.05, 3.63) is 60.5 Å². The van der Waals surface area contributed by atoms with E-state index in [2.05, 4.69) is 20.4 Å². The summed E-state index contributed by atoms with van der Waals surface area (Å²) in [4.78, 5) is 8.99. The molecule has 7 nitrogen and oxygen atoms in total. The number of methoxy groups -OCH3 is 1. The van der Waals surface area contributed by atoms with Gasteiger partial charge < -0.3 is 14.5 Å². The fourth-order valence-corrected chi connectivity index (χ4v) is 2.39. The molecule has 0 spiro atoms. The van der Waals surface area contributed by atoms with Gasteiger partial charge in [-0.05, 0) is 29.8 Å². The van der Waals surface area contributed by atoms with E-state index < -0.39 is 0 Å². The Morgan fingerprint density at radius 3 is 2.75 bits per heavy atom. The number of hydrogen-bond donors (Lipinski definition) is 1. The fourth-order valence-electron chi connectivity index (χ4n) is 2.39. The van der Waals surface area contributed by atoms with E-state index in [9.17, 15) is 0 Å². The van der Waals surface area contributed by atoms with Crippen molar-refractivity contribution in [3.63, 3.8) is 0 Å². The van der Waals surface area contributed by atoms with Crippen LogP contribution in [0.2, 0.25) is 0 Å². The molecule has 0 bridgehead atoms. The van der Waals surface area contributed by atoms with Crippen LogP contribution in [0.25, 0.3) is 17.2 Å². The Morgan fingerprint density at radius 2 is 2.00 bits per heavy atom. The fraction of sp³-hybridized carbons (Fsp3) is 0.118. The molecule has 4 aromatic rings. The highest BCUT2D eigenvalue weighted by Crippen LogP contribution is 2.20. The second-order valence-electron chi connectivity index (χ2n) is 5.15. The van der Waals surface area contributed by atoms with Crippen LogP contribution in [0.3, 0.4) is 0 Å². The smallest absolute Gasteiger partial charge is 0.227 e. The first-order valence-electron chi connectivity index (χ1n) is 7.46. The van der Waals surface area contributed by atoms with Gasteiger partial charge in [0.15, 0.2) is 11.4 Å². The summed E-state index contributed by atoms with van der Waals surface area (Å²) in [5.41, 5.74) is 1.81. The molecule has 0 saturated carbocycles. The van der Waals surface area contributed by atoms with Gasteiger partial charge in [-0.2, -0.15) is 19.6 Å². The average Bonchev–Trinajstić information content (AvgIpc) is 3.31. The summed E-state index contributed by atoms with van der Waals surface area (Å²) in [7, 11) is 1.65. The molecule has 3 heterocycles. The van der Waals surface area contributed by atoms with E-state index in [1.54, 1.807) is 24.1 Å². The SMILES string of the molecule is COc1ccc(CNc2nc(-c3ccco3)n3nccc3n2)cc1. The highest BCUT2D eigenvalue weighted by Gasteiger charge is 2.12. The number of nitrogens with one attached hydrogen (secondary N) is 1. The zero-order valence-electron chi connectivity index (χ0n) is 13.0. The quantitative estimate of drug-likeness (QED) is 0.609. The van der Waals surface area contributed by atoms with E-state index in [4.69, 9.17) is 9.15 Å². The van der Waals surface area contributed by atoms with Gasteiger partial charge in [-0.3, -0.25) is 0 Å². The Labute approximate surface area is 137 Å². The third-order valence-corrected chi connectivity index (χ3v) is 3.61. The Bertz CT molecular complexity index is 945. The van der Waals surface area contributed by atoms with Crippen molar-refractivity contribution in [2.24, 2.45) is 0 Å². The highest BCUT2D eigenvalue weighted by molar-refractivity contribution is 5.55. The van der Waals surface area contributed by atoms with Crippen LogP contribution >= 0.6 is 0 Å². The molecular weight excluding hydrogens is 306 g/mol. The maximum atomic E-state index is 5.45. The normalized spacial score (nSPS) is 10.9. The first-order chi connectivity index (χ1) is 11.8. The van der Waals surface area contributed by atoms with E-state index in [1.165, 1.54) is 0 Å². The minimum Gasteiger partial charge on any atom is -0.497 e. The molecule has 0 aliphatic carbocycles. The highest BCUT2D eigenvalue weighted by atomic mass is 16.5. The lowest BCUT2D eigenvalue weighted by molar-refractivity contribution is 0.414. The summed E-state index contributed by atoms with van der Waals surface area (Å²) >= 11 is 0. The number of aromatic nitrogens is 4. The second-order valence-corrected chi connectivity index (χ2v) is 5.15. The predicted molar refractivity (Wildman–Crippen MR) is 88.8 cm³/mol. The maximum absolute atomic E-state index is 5.45. The number of ether oxygens (including phenoxy) is 1. The molecule has 0 aliphatic heterocycles. The van der Waals surface area contributed by atoms with Gasteiger partial charge in [0, 0.05) is 12.6 Å². The average molecular weight is 321 g/mol. The van der Waals surface area contributed by atoms with Crippen molar-refractivity contribution in [3.8, 4) is 17.3 Å². The van der Waals surface area contributed by atoms with Gasteiger partial charge in [-0.25, -0.2) is 0 Å². The molecule has 24 heavy (non-hydrogen) atoms. The third-order valence-electron chi connectivity index (χ3n) is 3.61. The van der Waals surface area contributed by atoms with Crippen molar-refractivity contribution in [1.29, 1.82) is 0 Å². The van der Waals surface area contributed by atoms with Gasteiger partial charge >= 0.3 is 0 Å². The van der Waals surface area contributed by atoms with Gasteiger partial charge in [0.1, 0.15) is 5.75 Å². The van der Waals surface area contributed by atoms with Crippen LogP contribution in [0.5, 0.6) is 5.75 Å². The summed E-state index contributed by atoms with van der Waals surface area (Å²) < 4.78 is 12.3. The summed E-state index contributed by atoms with van der Waals surface area (Å²) in [6, 6.07) is 13.3. The first kappa shape index (κ1) is 14.3. The van der Waals surface area contributed by atoms with Crippen LogP contribution in [-0.2, 0) is 6.54 Å². The Kier molecular flexibility index (Phi) is 3.59. The van der Waals surface area contributed by atoms with E-state index >= 15 is 0 Å². The third kappa shape index (κ3) is 2.67. The number of fused-ring (bicyclic) bond motifs is 1. The minimum atomic E-state index is 0.519. The molecule has 0 amide bonds. The lowest BCUT2D eigenvalue weighted by Gasteiger charge is -2.08. The molecule has 0 atom stereocenters. The molecule has 0 unspecified atom stereocenters. The van der Waals surface area contributed by atoms with E-state index in [-0.39, 0.29) is 0 Å². The van der Waals surface area contributed by atoms with Crippen LogP contribution in [-0.4, -0.2) is 26.7 Å². The molecule has 0 fully saturated rings. The summed E-state index contributed by atoms with van der Waals surface area (Å²) in [5.74, 6) is 2.59. The van der Waals surface area contributed by atoms with Crippen LogP contribution in [0, 0.1) is 0 Å². The molecule has 4 rings (SSSR count).